The van der Waals surface area contributed by atoms with E-state index in [1.165, 1.54) is 0 Å². The highest BCUT2D eigenvalue weighted by atomic mass is 79.9. The number of hydrogen-bond acceptors (Lipinski definition) is 1. The lowest BCUT2D eigenvalue weighted by atomic mass is 10.1. The Morgan fingerprint density at radius 1 is 1.24 bits per heavy atom. The fourth-order valence-corrected chi connectivity index (χ4v) is 3.09. The third-order valence-electron chi connectivity index (χ3n) is 3.71. The van der Waals surface area contributed by atoms with Crippen molar-refractivity contribution in [3.05, 3.63) is 56.7 Å². The zero-order valence-corrected chi connectivity index (χ0v) is 14.8. The SMILES string of the molecule is C[C@@H](NC(=O)c1cc(Br)cn1C1CC1)c1ccc(Br)cc1. The lowest BCUT2D eigenvalue weighted by Gasteiger charge is -2.15. The average molecular weight is 412 g/mol. The Balaban J connectivity index is 1.75. The van der Waals surface area contributed by atoms with Gasteiger partial charge in [0, 0.05) is 21.2 Å². The second-order valence-electron chi connectivity index (χ2n) is 5.43. The van der Waals surface area contributed by atoms with Crippen LogP contribution in [0, 0.1) is 0 Å². The minimum Gasteiger partial charge on any atom is -0.344 e. The molecule has 5 heteroatoms. The Hall–Kier alpha value is -1.07. The number of amides is 1. The molecule has 1 heterocycles. The maximum atomic E-state index is 12.5. The van der Waals surface area contributed by atoms with E-state index in [1.807, 2.05) is 43.5 Å². The van der Waals surface area contributed by atoms with Crippen LogP contribution in [0.3, 0.4) is 0 Å². The summed E-state index contributed by atoms with van der Waals surface area (Å²) in [7, 11) is 0. The van der Waals surface area contributed by atoms with Gasteiger partial charge in [-0.2, -0.15) is 0 Å². The fraction of sp³-hybridized carbons (Fsp3) is 0.312. The molecule has 1 aliphatic carbocycles. The van der Waals surface area contributed by atoms with Crippen LogP contribution in [0.2, 0.25) is 0 Å². The molecule has 0 saturated heterocycles. The maximum Gasteiger partial charge on any atom is 0.268 e. The van der Waals surface area contributed by atoms with Gasteiger partial charge in [0.05, 0.1) is 6.04 Å². The number of benzene rings is 1. The largest absolute Gasteiger partial charge is 0.344 e. The van der Waals surface area contributed by atoms with E-state index in [2.05, 4.69) is 41.7 Å². The van der Waals surface area contributed by atoms with Crippen LogP contribution in [-0.4, -0.2) is 10.5 Å². The first-order valence-corrected chi connectivity index (χ1v) is 8.57. The van der Waals surface area contributed by atoms with E-state index in [-0.39, 0.29) is 11.9 Å². The van der Waals surface area contributed by atoms with Gasteiger partial charge in [0.15, 0.2) is 0 Å². The van der Waals surface area contributed by atoms with Crippen LogP contribution < -0.4 is 5.32 Å². The molecule has 1 atom stereocenters. The summed E-state index contributed by atoms with van der Waals surface area (Å²) in [4.78, 5) is 12.5. The molecule has 1 fully saturated rings. The first kappa shape index (κ1) is 14.9. The van der Waals surface area contributed by atoms with E-state index in [1.54, 1.807) is 0 Å². The summed E-state index contributed by atoms with van der Waals surface area (Å²) in [6.45, 7) is 2.00. The van der Waals surface area contributed by atoms with Gasteiger partial charge in [-0.15, -0.1) is 0 Å². The first-order chi connectivity index (χ1) is 10.0. The van der Waals surface area contributed by atoms with Crippen molar-refractivity contribution in [1.29, 1.82) is 0 Å². The maximum absolute atomic E-state index is 12.5. The molecule has 1 aromatic heterocycles. The summed E-state index contributed by atoms with van der Waals surface area (Å²) in [6, 6.07) is 10.4. The number of hydrogen-bond donors (Lipinski definition) is 1. The summed E-state index contributed by atoms with van der Waals surface area (Å²) < 4.78 is 4.07. The van der Waals surface area contributed by atoms with Crippen molar-refractivity contribution < 1.29 is 4.79 Å². The van der Waals surface area contributed by atoms with E-state index in [4.69, 9.17) is 0 Å². The van der Waals surface area contributed by atoms with E-state index in [0.29, 0.717) is 6.04 Å². The number of carbonyl (C=O) groups is 1. The number of nitrogens with zero attached hydrogens (tertiary/aromatic N) is 1. The third-order valence-corrected chi connectivity index (χ3v) is 4.67. The normalized spacial score (nSPS) is 15.8. The summed E-state index contributed by atoms with van der Waals surface area (Å²) in [5, 5.41) is 3.07. The molecule has 0 radical (unpaired) electrons. The zero-order valence-electron chi connectivity index (χ0n) is 11.6. The number of carbonyl (C=O) groups excluding carboxylic acids is 1. The molecular weight excluding hydrogens is 396 g/mol. The molecule has 1 aromatic carbocycles. The van der Waals surface area contributed by atoms with E-state index >= 15 is 0 Å². The van der Waals surface area contributed by atoms with Crippen LogP contribution in [0.5, 0.6) is 0 Å². The molecule has 21 heavy (non-hydrogen) atoms. The topological polar surface area (TPSA) is 34.0 Å². The summed E-state index contributed by atoms with van der Waals surface area (Å²) >= 11 is 6.88. The molecule has 1 aliphatic rings. The molecule has 0 bridgehead atoms. The van der Waals surface area contributed by atoms with Crippen molar-refractivity contribution in [3.8, 4) is 0 Å². The standard InChI is InChI=1S/C16H16Br2N2O/c1-10(11-2-4-12(17)5-3-11)19-16(21)15-8-13(18)9-20(15)14-6-7-14/h2-5,8-10,14H,6-7H2,1H3,(H,19,21)/t10-/m1/s1. The molecule has 1 saturated carbocycles. The molecule has 2 aromatic rings. The minimum atomic E-state index is -0.0250. The van der Waals surface area contributed by atoms with Gasteiger partial charge in [0.25, 0.3) is 5.91 Å². The number of nitrogens with one attached hydrogen (secondary N) is 1. The van der Waals surface area contributed by atoms with Crippen molar-refractivity contribution in [3.63, 3.8) is 0 Å². The molecule has 0 unspecified atom stereocenters. The lowest BCUT2D eigenvalue weighted by molar-refractivity contribution is 0.0930. The van der Waals surface area contributed by atoms with Gasteiger partial charge in [0.2, 0.25) is 0 Å². The summed E-state index contributed by atoms with van der Waals surface area (Å²) in [6.07, 6.45) is 4.31. The van der Waals surface area contributed by atoms with Crippen molar-refractivity contribution in [2.45, 2.75) is 31.8 Å². The van der Waals surface area contributed by atoms with Crippen LogP contribution in [0.4, 0.5) is 0 Å². The van der Waals surface area contributed by atoms with Crippen molar-refractivity contribution in [2.24, 2.45) is 0 Å². The monoisotopic (exact) mass is 410 g/mol. The third kappa shape index (κ3) is 3.40. The molecule has 1 amide bonds. The van der Waals surface area contributed by atoms with Gasteiger partial charge in [-0.25, -0.2) is 0 Å². The minimum absolute atomic E-state index is 0.0214. The average Bonchev–Trinajstić information content (AvgIpc) is 3.22. The van der Waals surface area contributed by atoms with E-state index in [0.717, 1.165) is 33.0 Å². The van der Waals surface area contributed by atoms with Crippen LogP contribution in [0.1, 0.15) is 47.9 Å². The Morgan fingerprint density at radius 3 is 2.52 bits per heavy atom. The molecule has 3 nitrogen and oxygen atoms in total. The van der Waals surface area contributed by atoms with Crippen LogP contribution in [-0.2, 0) is 0 Å². The quantitative estimate of drug-likeness (QED) is 0.767. The second kappa shape index (κ2) is 5.97. The van der Waals surface area contributed by atoms with Gasteiger partial charge in [-0.1, -0.05) is 28.1 Å². The highest BCUT2D eigenvalue weighted by Gasteiger charge is 2.28. The Morgan fingerprint density at radius 2 is 1.90 bits per heavy atom. The highest BCUT2D eigenvalue weighted by molar-refractivity contribution is 9.10. The smallest absolute Gasteiger partial charge is 0.268 e. The number of rotatable bonds is 4. The van der Waals surface area contributed by atoms with Crippen LogP contribution >= 0.6 is 31.9 Å². The molecule has 0 spiro atoms. The van der Waals surface area contributed by atoms with Gasteiger partial charge in [0.1, 0.15) is 5.69 Å². The lowest BCUT2D eigenvalue weighted by Crippen LogP contribution is -2.28. The highest BCUT2D eigenvalue weighted by Crippen LogP contribution is 2.37. The molecular formula is C16H16Br2N2O. The fourth-order valence-electron chi connectivity index (χ4n) is 2.39. The van der Waals surface area contributed by atoms with E-state index < -0.39 is 0 Å². The molecule has 1 N–H and O–H groups in total. The van der Waals surface area contributed by atoms with Gasteiger partial charge < -0.3 is 9.88 Å². The Bertz CT molecular complexity index is 659. The van der Waals surface area contributed by atoms with E-state index in [9.17, 15) is 4.79 Å². The Labute approximate surface area is 141 Å². The Kier molecular flexibility index (Phi) is 4.22. The number of aromatic nitrogens is 1. The molecule has 3 rings (SSSR count). The second-order valence-corrected chi connectivity index (χ2v) is 7.26. The predicted octanol–water partition coefficient (Wildman–Crippen LogP) is 4.84. The predicted molar refractivity (Wildman–Crippen MR) is 90.4 cm³/mol. The van der Waals surface area contributed by atoms with Gasteiger partial charge in [-0.3, -0.25) is 4.79 Å². The van der Waals surface area contributed by atoms with Crippen molar-refractivity contribution >= 4 is 37.8 Å². The van der Waals surface area contributed by atoms with Gasteiger partial charge >= 0.3 is 0 Å². The van der Waals surface area contributed by atoms with Crippen LogP contribution in [0.25, 0.3) is 0 Å². The summed E-state index contributed by atoms with van der Waals surface area (Å²) in [5.74, 6) is -0.0250. The van der Waals surface area contributed by atoms with Crippen molar-refractivity contribution in [2.75, 3.05) is 0 Å². The van der Waals surface area contributed by atoms with Gasteiger partial charge in [-0.05, 0) is 59.5 Å². The first-order valence-electron chi connectivity index (χ1n) is 6.98. The summed E-state index contributed by atoms with van der Waals surface area (Å²) in [5.41, 5.74) is 1.82. The molecule has 0 aliphatic heterocycles. The zero-order chi connectivity index (χ0) is 15.0. The molecule has 110 valence electrons. The van der Waals surface area contributed by atoms with Crippen molar-refractivity contribution in [1.82, 2.24) is 9.88 Å². The number of halogens is 2. The van der Waals surface area contributed by atoms with Crippen LogP contribution in [0.15, 0.2) is 45.5 Å².